The van der Waals surface area contributed by atoms with Gasteiger partial charge in [0.1, 0.15) is 11.8 Å². The average molecular weight is 362 g/mol. The Balaban J connectivity index is 2.34. The topological polar surface area (TPSA) is 75.6 Å². The van der Waals surface area contributed by atoms with Crippen LogP contribution in [0.3, 0.4) is 0 Å². The molecule has 0 saturated carbocycles. The molecule has 1 aromatic rings. The molecule has 0 aliphatic heterocycles. The van der Waals surface area contributed by atoms with Gasteiger partial charge in [0, 0.05) is 11.4 Å². The summed E-state index contributed by atoms with van der Waals surface area (Å²) < 4.78 is 5.47. The van der Waals surface area contributed by atoms with E-state index in [1.54, 1.807) is 18.2 Å². The number of ether oxygens (including phenoxy) is 1. The fourth-order valence-corrected chi connectivity index (χ4v) is 2.43. The van der Waals surface area contributed by atoms with Crippen molar-refractivity contribution in [3.63, 3.8) is 0 Å². The van der Waals surface area contributed by atoms with Crippen molar-refractivity contribution in [1.29, 1.82) is 0 Å². The highest BCUT2D eigenvalue weighted by Gasteiger charge is 2.20. The molecule has 0 radical (unpaired) electrons. The molecule has 0 heterocycles. The van der Waals surface area contributed by atoms with Gasteiger partial charge in [0.15, 0.2) is 0 Å². The van der Waals surface area contributed by atoms with E-state index in [1.807, 2.05) is 13.8 Å². The predicted molar refractivity (Wildman–Crippen MR) is 90.2 cm³/mol. The van der Waals surface area contributed by atoms with Gasteiger partial charge in [-0.15, -0.1) is 0 Å². The van der Waals surface area contributed by atoms with E-state index < -0.39 is 12.0 Å². The van der Waals surface area contributed by atoms with Crippen molar-refractivity contribution in [2.45, 2.75) is 39.2 Å². The molecular weight excluding hydrogens is 341 g/mol. The number of carboxylic acid groups (broad SMARTS) is 1. The van der Waals surface area contributed by atoms with Crippen molar-refractivity contribution in [1.82, 2.24) is 5.32 Å². The summed E-state index contributed by atoms with van der Waals surface area (Å²) in [6, 6.07) is 4.05. The zero-order valence-corrected chi connectivity index (χ0v) is 14.7. The van der Waals surface area contributed by atoms with Gasteiger partial charge in [0.05, 0.1) is 11.6 Å². The Kier molecular flexibility index (Phi) is 8.20. The van der Waals surface area contributed by atoms with E-state index in [4.69, 9.17) is 33.0 Å². The normalized spacial score (nSPS) is 12.0. The minimum absolute atomic E-state index is 0.187. The molecule has 0 aliphatic rings. The Bertz CT molecular complexity index is 549. The maximum atomic E-state index is 11.8. The zero-order chi connectivity index (χ0) is 17.4. The number of rotatable bonds is 9. The minimum Gasteiger partial charge on any atom is -0.492 e. The summed E-state index contributed by atoms with van der Waals surface area (Å²) in [4.78, 5) is 22.9. The highest BCUT2D eigenvalue weighted by molar-refractivity contribution is 6.35. The van der Waals surface area contributed by atoms with Crippen molar-refractivity contribution < 1.29 is 19.4 Å². The minimum atomic E-state index is -1.02. The highest BCUT2D eigenvalue weighted by Crippen LogP contribution is 2.27. The van der Waals surface area contributed by atoms with E-state index in [-0.39, 0.29) is 18.2 Å². The fourth-order valence-electron chi connectivity index (χ4n) is 1.97. The Morgan fingerprint density at radius 2 is 2.00 bits per heavy atom. The Morgan fingerprint density at radius 1 is 1.30 bits per heavy atom. The summed E-state index contributed by atoms with van der Waals surface area (Å²) in [5, 5.41) is 12.5. The summed E-state index contributed by atoms with van der Waals surface area (Å²) in [6.45, 7) is 4.12. The number of aliphatic carboxylic acids is 1. The van der Waals surface area contributed by atoms with Crippen LogP contribution in [-0.2, 0) is 9.59 Å². The van der Waals surface area contributed by atoms with E-state index in [1.165, 1.54) is 0 Å². The third kappa shape index (κ3) is 7.57. The van der Waals surface area contributed by atoms with Gasteiger partial charge in [-0.1, -0.05) is 37.0 Å². The number of carboxylic acids is 1. The number of amides is 1. The number of carbonyl (C=O) groups is 2. The summed E-state index contributed by atoms with van der Waals surface area (Å²) in [5.74, 6) is -0.633. The van der Waals surface area contributed by atoms with E-state index >= 15 is 0 Å². The molecule has 0 saturated heterocycles. The van der Waals surface area contributed by atoms with E-state index in [0.29, 0.717) is 35.2 Å². The van der Waals surface area contributed by atoms with Crippen molar-refractivity contribution in [3.8, 4) is 5.75 Å². The molecule has 0 bridgehead atoms. The van der Waals surface area contributed by atoms with Crippen LogP contribution in [0.1, 0.15) is 33.1 Å². The van der Waals surface area contributed by atoms with Crippen LogP contribution in [0.25, 0.3) is 0 Å². The van der Waals surface area contributed by atoms with E-state index in [0.717, 1.165) is 0 Å². The molecule has 1 unspecified atom stereocenters. The summed E-state index contributed by atoms with van der Waals surface area (Å²) in [7, 11) is 0. The van der Waals surface area contributed by atoms with Gasteiger partial charge in [-0.05, 0) is 37.0 Å². The van der Waals surface area contributed by atoms with Crippen molar-refractivity contribution >= 4 is 35.1 Å². The van der Waals surface area contributed by atoms with E-state index in [9.17, 15) is 9.59 Å². The number of carbonyl (C=O) groups excluding carboxylic acids is 1. The maximum Gasteiger partial charge on any atom is 0.326 e. The first-order valence-corrected chi connectivity index (χ1v) is 8.15. The second-order valence-electron chi connectivity index (χ2n) is 5.61. The summed E-state index contributed by atoms with van der Waals surface area (Å²) in [5.41, 5.74) is 0. The van der Waals surface area contributed by atoms with Gasteiger partial charge in [-0.2, -0.15) is 0 Å². The van der Waals surface area contributed by atoms with Gasteiger partial charge < -0.3 is 15.2 Å². The lowest BCUT2D eigenvalue weighted by atomic mass is 10.0. The SMILES string of the molecule is CC(C)CC(NC(=O)CCCOc1ccc(Cl)cc1Cl)C(=O)O. The summed E-state index contributed by atoms with van der Waals surface area (Å²) in [6.07, 6.45) is 1.05. The molecule has 128 valence electrons. The Labute approximate surface area is 145 Å². The van der Waals surface area contributed by atoms with Crippen LogP contribution in [0.5, 0.6) is 5.75 Å². The van der Waals surface area contributed by atoms with Gasteiger partial charge in [0.25, 0.3) is 0 Å². The first-order valence-electron chi connectivity index (χ1n) is 7.39. The van der Waals surface area contributed by atoms with Crippen molar-refractivity contribution in [3.05, 3.63) is 28.2 Å². The second kappa shape index (κ2) is 9.63. The standard InChI is InChI=1S/C16H21Cl2NO4/c1-10(2)8-13(16(21)22)19-15(20)4-3-7-23-14-6-5-11(17)9-12(14)18/h5-6,9-10,13H,3-4,7-8H2,1-2H3,(H,19,20)(H,21,22). The molecule has 0 spiro atoms. The third-order valence-electron chi connectivity index (χ3n) is 3.04. The van der Waals surface area contributed by atoms with Crippen LogP contribution in [0.2, 0.25) is 10.0 Å². The highest BCUT2D eigenvalue weighted by atomic mass is 35.5. The number of nitrogens with one attached hydrogen (secondary N) is 1. The maximum absolute atomic E-state index is 11.8. The first kappa shape index (κ1) is 19.6. The first-order chi connectivity index (χ1) is 10.8. The van der Waals surface area contributed by atoms with Crippen LogP contribution in [0.15, 0.2) is 18.2 Å². The van der Waals surface area contributed by atoms with Crippen molar-refractivity contribution in [2.24, 2.45) is 5.92 Å². The van der Waals surface area contributed by atoms with Crippen LogP contribution in [0.4, 0.5) is 0 Å². The molecule has 23 heavy (non-hydrogen) atoms. The van der Waals surface area contributed by atoms with Gasteiger partial charge in [-0.25, -0.2) is 4.79 Å². The third-order valence-corrected chi connectivity index (χ3v) is 3.57. The lowest BCUT2D eigenvalue weighted by Crippen LogP contribution is -2.41. The predicted octanol–water partition coefficient (Wildman–Crippen LogP) is 3.77. The van der Waals surface area contributed by atoms with Crippen LogP contribution in [0, 0.1) is 5.92 Å². The van der Waals surface area contributed by atoms with Crippen LogP contribution >= 0.6 is 23.2 Å². The largest absolute Gasteiger partial charge is 0.492 e. The number of hydrogen-bond donors (Lipinski definition) is 2. The molecule has 0 aliphatic carbocycles. The smallest absolute Gasteiger partial charge is 0.326 e. The average Bonchev–Trinajstić information content (AvgIpc) is 2.44. The molecular formula is C16H21Cl2NO4. The second-order valence-corrected chi connectivity index (χ2v) is 6.46. The van der Waals surface area contributed by atoms with Gasteiger partial charge in [0.2, 0.25) is 5.91 Å². The molecule has 0 fully saturated rings. The molecule has 5 nitrogen and oxygen atoms in total. The quantitative estimate of drug-likeness (QED) is 0.656. The van der Waals surface area contributed by atoms with Gasteiger partial charge >= 0.3 is 5.97 Å². The number of hydrogen-bond acceptors (Lipinski definition) is 3. The molecule has 1 rings (SSSR count). The molecule has 1 atom stereocenters. The molecule has 2 N–H and O–H groups in total. The Hall–Kier alpha value is -1.46. The molecule has 1 aromatic carbocycles. The zero-order valence-electron chi connectivity index (χ0n) is 13.1. The Morgan fingerprint density at radius 3 is 2.57 bits per heavy atom. The van der Waals surface area contributed by atoms with Crippen LogP contribution < -0.4 is 10.1 Å². The molecule has 0 aromatic heterocycles. The number of benzene rings is 1. The fraction of sp³-hybridized carbons (Fsp3) is 0.500. The molecule has 7 heteroatoms. The molecule has 1 amide bonds. The van der Waals surface area contributed by atoms with E-state index in [2.05, 4.69) is 5.32 Å². The van der Waals surface area contributed by atoms with Crippen molar-refractivity contribution in [2.75, 3.05) is 6.61 Å². The monoisotopic (exact) mass is 361 g/mol. The lowest BCUT2D eigenvalue weighted by molar-refractivity contribution is -0.142. The van der Waals surface area contributed by atoms with Gasteiger partial charge in [-0.3, -0.25) is 4.79 Å². The lowest BCUT2D eigenvalue weighted by Gasteiger charge is -2.16. The van der Waals surface area contributed by atoms with Crippen LogP contribution in [-0.4, -0.2) is 29.6 Å². The number of halogens is 2. The summed E-state index contributed by atoms with van der Waals surface area (Å²) >= 11 is 11.8.